The molecule has 0 aromatic heterocycles. The van der Waals surface area contributed by atoms with Crippen molar-refractivity contribution in [3.05, 3.63) is 34.9 Å². The molecule has 0 saturated carbocycles. The molecule has 1 N–H and O–H groups in total. The Kier molecular flexibility index (Phi) is 6.11. The van der Waals surface area contributed by atoms with Crippen molar-refractivity contribution in [1.29, 1.82) is 0 Å². The smallest absolute Gasteiger partial charge is 0.370 e. The highest BCUT2D eigenvalue weighted by Crippen LogP contribution is 2.15. The molecule has 7 heteroatoms. The monoisotopic (exact) mass is 295 g/mol. The van der Waals surface area contributed by atoms with E-state index in [9.17, 15) is 18.0 Å². The van der Waals surface area contributed by atoms with Gasteiger partial charge in [0.25, 0.3) is 0 Å². The first-order chi connectivity index (χ1) is 8.88. The highest BCUT2D eigenvalue weighted by molar-refractivity contribution is 6.31. The van der Waals surface area contributed by atoms with Gasteiger partial charge in [0.05, 0.1) is 13.0 Å². The van der Waals surface area contributed by atoms with Crippen LogP contribution in [0.1, 0.15) is 5.56 Å². The summed E-state index contributed by atoms with van der Waals surface area (Å²) in [5.41, 5.74) is 0.665. The lowest BCUT2D eigenvalue weighted by molar-refractivity contribution is -0.173. The van der Waals surface area contributed by atoms with Crippen LogP contribution in [0.2, 0.25) is 5.02 Å². The lowest BCUT2D eigenvalue weighted by atomic mass is 10.1. The summed E-state index contributed by atoms with van der Waals surface area (Å²) >= 11 is 5.87. The van der Waals surface area contributed by atoms with Crippen molar-refractivity contribution in [3.63, 3.8) is 0 Å². The predicted octanol–water partition coefficient (Wildman–Crippen LogP) is 2.58. The summed E-state index contributed by atoms with van der Waals surface area (Å²) in [6.07, 6.45) is -4.26. The number of alkyl halides is 3. The van der Waals surface area contributed by atoms with Gasteiger partial charge in [-0.25, -0.2) is 0 Å². The number of carbonyl (C=O) groups excluding carboxylic acids is 1. The minimum atomic E-state index is -4.35. The van der Waals surface area contributed by atoms with E-state index >= 15 is 0 Å². The Morgan fingerprint density at radius 2 is 2.00 bits per heavy atom. The molecular formula is C12H13ClF3NO2. The van der Waals surface area contributed by atoms with Crippen LogP contribution in [0.25, 0.3) is 0 Å². The van der Waals surface area contributed by atoms with E-state index in [0.29, 0.717) is 10.6 Å². The first-order valence-electron chi connectivity index (χ1n) is 5.53. The van der Waals surface area contributed by atoms with Gasteiger partial charge >= 0.3 is 6.18 Å². The Labute approximate surface area is 113 Å². The zero-order valence-corrected chi connectivity index (χ0v) is 10.7. The molecule has 1 amide bonds. The van der Waals surface area contributed by atoms with Crippen molar-refractivity contribution >= 4 is 17.5 Å². The Bertz CT molecular complexity index is 424. The van der Waals surface area contributed by atoms with Gasteiger partial charge in [0.1, 0.15) is 6.61 Å². The van der Waals surface area contributed by atoms with E-state index in [-0.39, 0.29) is 25.5 Å². The van der Waals surface area contributed by atoms with Crippen LogP contribution in [0.3, 0.4) is 0 Å². The quantitative estimate of drug-likeness (QED) is 0.819. The van der Waals surface area contributed by atoms with Gasteiger partial charge in [0.2, 0.25) is 5.91 Å². The topological polar surface area (TPSA) is 38.3 Å². The number of hydrogen-bond acceptors (Lipinski definition) is 2. The molecule has 0 aliphatic carbocycles. The minimum absolute atomic E-state index is 0.0271. The summed E-state index contributed by atoms with van der Waals surface area (Å²) in [6.45, 7) is -1.47. The third-order valence-electron chi connectivity index (χ3n) is 2.14. The van der Waals surface area contributed by atoms with Gasteiger partial charge in [-0.1, -0.05) is 29.8 Å². The number of hydrogen-bond donors (Lipinski definition) is 1. The van der Waals surface area contributed by atoms with Crippen LogP contribution in [-0.4, -0.2) is 31.8 Å². The van der Waals surface area contributed by atoms with Crippen LogP contribution < -0.4 is 5.32 Å². The molecular weight excluding hydrogens is 283 g/mol. The summed E-state index contributed by atoms with van der Waals surface area (Å²) in [7, 11) is 0. The zero-order chi connectivity index (χ0) is 14.3. The first kappa shape index (κ1) is 15.8. The zero-order valence-electron chi connectivity index (χ0n) is 9.97. The van der Waals surface area contributed by atoms with Crippen LogP contribution in [0.15, 0.2) is 24.3 Å². The maximum absolute atomic E-state index is 11.7. The van der Waals surface area contributed by atoms with Gasteiger partial charge in [-0.2, -0.15) is 13.2 Å². The van der Waals surface area contributed by atoms with Gasteiger partial charge in [0.15, 0.2) is 0 Å². The normalized spacial score (nSPS) is 11.4. The maximum Gasteiger partial charge on any atom is 0.411 e. The summed E-state index contributed by atoms with van der Waals surface area (Å²) in [5.74, 6) is -0.316. The largest absolute Gasteiger partial charge is 0.411 e. The molecule has 0 bridgehead atoms. The molecule has 19 heavy (non-hydrogen) atoms. The fraction of sp³-hybridized carbons (Fsp3) is 0.417. The molecule has 106 valence electrons. The Morgan fingerprint density at radius 3 is 2.63 bits per heavy atom. The SMILES string of the molecule is O=C(Cc1ccccc1Cl)NCCOCC(F)(F)F. The van der Waals surface area contributed by atoms with Crippen molar-refractivity contribution in [2.75, 3.05) is 19.8 Å². The molecule has 0 unspecified atom stereocenters. The minimum Gasteiger partial charge on any atom is -0.370 e. The van der Waals surface area contributed by atoms with Gasteiger partial charge < -0.3 is 10.1 Å². The number of halogens is 4. The summed E-state index contributed by atoms with van der Waals surface area (Å²) in [5, 5.41) is 2.93. The van der Waals surface area contributed by atoms with Crippen molar-refractivity contribution in [2.24, 2.45) is 0 Å². The maximum atomic E-state index is 11.7. The van der Waals surface area contributed by atoms with E-state index in [1.165, 1.54) is 0 Å². The van der Waals surface area contributed by atoms with Crippen LogP contribution in [0.5, 0.6) is 0 Å². The third-order valence-corrected chi connectivity index (χ3v) is 2.51. The summed E-state index contributed by atoms with van der Waals surface area (Å²) in [4.78, 5) is 11.5. The van der Waals surface area contributed by atoms with Gasteiger partial charge in [-0.15, -0.1) is 0 Å². The first-order valence-corrected chi connectivity index (χ1v) is 5.91. The number of benzene rings is 1. The summed E-state index contributed by atoms with van der Waals surface area (Å²) < 4.78 is 39.6. The third kappa shape index (κ3) is 7.03. The molecule has 0 heterocycles. The van der Waals surface area contributed by atoms with Gasteiger partial charge in [-0.05, 0) is 11.6 Å². The lowest BCUT2D eigenvalue weighted by Gasteiger charge is -2.09. The van der Waals surface area contributed by atoms with Gasteiger partial charge in [0, 0.05) is 11.6 Å². The fourth-order valence-electron chi connectivity index (χ4n) is 1.33. The average Bonchev–Trinajstić information content (AvgIpc) is 2.30. The van der Waals surface area contributed by atoms with Crippen LogP contribution in [0.4, 0.5) is 13.2 Å². The molecule has 0 atom stereocenters. The predicted molar refractivity (Wildman–Crippen MR) is 65.0 cm³/mol. The number of amides is 1. The number of rotatable bonds is 6. The van der Waals surface area contributed by atoms with E-state index in [2.05, 4.69) is 10.1 Å². The Hall–Kier alpha value is -1.27. The van der Waals surface area contributed by atoms with Crippen molar-refractivity contribution in [1.82, 2.24) is 5.32 Å². The standard InChI is InChI=1S/C12H13ClF3NO2/c13-10-4-2-1-3-9(10)7-11(18)17-5-6-19-8-12(14,15)16/h1-4H,5-8H2,(H,17,18). The van der Waals surface area contributed by atoms with Crippen LogP contribution >= 0.6 is 11.6 Å². The molecule has 1 aromatic carbocycles. The molecule has 1 rings (SSSR count). The summed E-state index contributed by atoms with van der Waals surface area (Å²) in [6, 6.07) is 6.87. The molecule has 0 fully saturated rings. The Morgan fingerprint density at radius 1 is 1.32 bits per heavy atom. The second-order valence-electron chi connectivity index (χ2n) is 3.79. The van der Waals surface area contributed by atoms with Crippen molar-refractivity contribution in [3.8, 4) is 0 Å². The molecule has 1 aromatic rings. The molecule has 0 spiro atoms. The number of nitrogens with one attached hydrogen (secondary N) is 1. The van der Waals surface area contributed by atoms with Crippen molar-refractivity contribution in [2.45, 2.75) is 12.6 Å². The fourth-order valence-corrected chi connectivity index (χ4v) is 1.53. The molecule has 0 saturated heterocycles. The second kappa shape index (κ2) is 7.35. The number of carbonyl (C=O) groups is 1. The average molecular weight is 296 g/mol. The van der Waals surface area contributed by atoms with E-state index in [1.807, 2.05) is 0 Å². The van der Waals surface area contributed by atoms with E-state index in [4.69, 9.17) is 11.6 Å². The highest BCUT2D eigenvalue weighted by atomic mass is 35.5. The van der Waals surface area contributed by atoms with Crippen molar-refractivity contribution < 1.29 is 22.7 Å². The second-order valence-corrected chi connectivity index (χ2v) is 4.19. The molecule has 0 radical (unpaired) electrons. The van der Waals surface area contributed by atoms with Crippen LogP contribution in [0, 0.1) is 0 Å². The van der Waals surface area contributed by atoms with Crippen LogP contribution in [-0.2, 0) is 16.0 Å². The van der Waals surface area contributed by atoms with E-state index in [1.54, 1.807) is 24.3 Å². The molecule has 0 aliphatic heterocycles. The molecule has 0 aliphatic rings. The lowest BCUT2D eigenvalue weighted by Crippen LogP contribution is -2.30. The highest BCUT2D eigenvalue weighted by Gasteiger charge is 2.27. The van der Waals surface area contributed by atoms with E-state index < -0.39 is 12.8 Å². The number of ether oxygens (including phenoxy) is 1. The Balaban J connectivity index is 2.20. The van der Waals surface area contributed by atoms with Gasteiger partial charge in [-0.3, -0.25) is 4.79 Å². The van der Waals surface area contributed by atoms with E-state index in [0.717, 1.165) is 0 Å². The molecule has 3 nitrogen and oxygen atoms in total.